The molecule has 0 radical (unpaired) electrons. The summed E-state index contributed by atoms with van der Waals surface area (Å²) in [6, 6.07) is 1.43. The molecule has 0 saturated heterocycles. The third-order valence-corrected chi connectivity index (χ3v) is 3.49. The zero-order valence-electron chi connectivity index (χ0n) is 10.5. The van der Waals surface area contributed by atoms with Crippen LogP contribution in [0.4, 0.5) is 0 Å². The van der Waals surface area contributed by atoms with E-state index in [1.54, 1.807) is 0 Å². The van der Waals surface area contributed by atoms with Crippen molar-refractivity contribution >= 4 is 0 Å². The highest BCUT2D eigenvalue weighted by Crippen LogP contribution is 2.22. The van der Waals surface area contributed by atoms with Crippen LogP contribution in [0.1, 0.15) is 24.8 Å². The highest BCUT2D eigenvalue weighted by atomic mass is 15.2. The van der Waals surface area contributed by atoms with Crippen molar-refractivity contribution in [3.63, 3.8) is 0 Å². The summed E-state index contributed by atoms with van der Waals surface area (Å²) in [6.45, 7) is 0.943. The molecule has 4 nitrogen and oxygen atoms in total. The Morgan fingerprint density at radius 2 is 2.31 bits per heavy atom. The van der Waals surface area contributed by atoms with Crippen LogP contribution >= 0.6 is 0 Å². The van der Waals surface area contributed by atoms with E-state index in [4.69, 9.17) is 0 Å². The van der Waals surface area contributed by atoms with Crippen LogP contribution in [0.5, 0.6) is 0 Å². The molecule has 2 unspecified atom stereocenters. The van der Waals surface area contributed by atoms with E-state index in [1.807, 2.05) is 17.9 Å². The second kappa shape index (κ2) is 4.97. The molecule has 16 heavy (non-hydrogen) atoms. The largest absolute Gasteiger partial charge is 0.310 e. The first-order chi connectivity index (χ1) is 7.65. The molecule has 1 aliphatic rings. The summed E-state index contributed by atoms with van der Waals surface area (Å²) in [5.41, 5.74) is 1.27. The first-order valence-electron chi connectivity index (χ1n) is 6.02. The van der Waals surface area contributed by atoms with Crippen molar-refractivity contribution in [2.45, 2.75) is 37.9 Å². The zero-order valence-corrected chi connectivity index (χ0v) is 10.5. The summed E-state index contributed by atoms with van der Waals surface area (Å²) in [4.78, 5) is 2.34. The van der Waals surface area contributed by atoms with Gasteiger partial charge in [-0.1, -0.05) is 0 Å². The molecule has 1 fully saturated rings. The smallest absolute Gasteiger partial charge is 0.0534 e. The minimum absolute atomic E-state index is 0.674. The predicted molar refractivity (Wildman–Crippen MR) is 65.2 cm³/mol. The van der Waals surface area contributed by atoms with E-state index >= 15 is 0 Å². The van der Waals surface area contributed by atoms with Gasteiger partial charge in [0.25, 0.3) is 0 Å². The molecule has 0 aromatic carbocycles. The third-order valence-electron chi connectivity index (χ3n) is 3.49. The summed E-state index contributed by atoms with van der Waals surface area (Å²) in [7, 11) is 6.31. The van der Waals surface area contributed by atoms with Gasteiger partial charge in [-0.25, -0.2) is 0 Å². The van der Waals surface area contributed by atoms with Crippen molar-refractivity contribution in [2.75, 3.05) is 14.1 Å². The Kier molecular flexibility index (Phi) is 3.61. The SMILES string of the molecule is CN(C)C1CCC(NCc2cnn(C)c2)C1. The van der Waals surface area contributed by atoms with E-state index in [1.165, 1.54) is 24.8 Å². The van der Waals surface area contributed by atoms with Crippen molar-refractivity contribution in [3.8, 4) is 0 Å². The molecule has 2 atom stereocenters. The summed E-state index contributed by atoms with van der Waals surface area (Å²) in [6.07, 6.45) is 7.89. The average Bonchev–Trinajstić information content (AvgIpc) is 2.83. The highest BCUT2D eigenvalue weighted by Gasteiger charge is 2.25. The Labute approximate surface area is 97.6 Å². The first-order valence-corrected chi connectivity index (χ1v) is 6.02. The summed E-state index contributed by atoms with van der Waals surface area (Å²) in [5.74, 6) is 0. The molecule has 1 heterocycles. The minimum atomic E-state index is 0.674. The number of aromatic nitrogens is 2. The molecular formula is C12H22N4. The Morgan fingerprint density at radius 3 is 2.88 bits per heavy atom. The van der Waals surface area contributed by atoms with Crippen molar-refractivity contribution in [1.29, 1.82) is 0 Å². The standard InChI is InChI=1S/C12H22N4/c1-15(2)12-5-4-11(6-12)13-7-10-8-14-16(3)9-10/h8-9,11-13H,4-7H2,1-3H3. The second-order valence-corrected chi connectivity index (χ2v) is 5.03. The van der Waals surface area contributed by atoms with E-state index in [0.717, 1.165) is 12.6 Å². The zero-order chi connectivity index (χ0) is 11.5. The summed E-state index contributed by atoms with van der Waals surface area (Å²) >= 11 is 0. The van der Waals surface area contributed by atoms with E-state index < -0.39 is 0 Å². The molecular weight excluding hydrogens is 200 g/mol. The molecule has 1 aromatic heterocycles. The minimum Gasteiger partial charge on any atom is -0.310 e. The van der Waals surface area contributed by atoms with Gasteiger partial charge in [-0.15, -0.1) is 0 Å². The molecule has 1 saturated carbocycles. The van der Waals surface area contributed by atoms with Crippen LogP contribution in [0.25, 0.3) is 0 Å². The predicted octanol–water partition coefficient (Wildman–Crippen LogP) is 0.992. The maximum atomic E-state index is 4.17. The van der Waals surface area contributed by atoms with Gasteiger partial charge in [0.15, 0.2) is 0 Å². The highest BCUT2D eigenvalue weighted by molar-refractivity contribution is 5.03. The van der Waals surface area contributed by atoms with Gasteiger partial charge in [0.1, 0.15) is 0 Å². The van der Waals surface area contributed by atoms with Crippen LogP contribution < -0.4 is 5.32 Å². The van der Waals surface area contributed by atoms with Gasteiger partial charge in [-0.05, 0) is 33.4 Å². The molecule has 0 spiro atoms. The van der Waals surface area contributed by atoms with Crippen LogP contribution in [0.15, 0.2) is 12.4 Å². The van der Waals surface area contributed by atoms with E-state index in [2.05, 4.69) is 35.6 Å². The molecule has 4 heteroatoms. The van der Waals surface area contributed by atoms with Crippen LogP contribution in [0, 0.1) is 0 Å². The molecule has 0 bridgehead atoms. The third kappa shape index (κ3) is 2.83. The lowest BCUT2D eigenvalue weighted by Crippen LogP contribution is -2.30. The lowest BCUT2D eigenvalue weighted by Gasteiger charge is -2.19. The van der Waals surface area contributed by atoms with Crippen molar-refractivity contribution in [1.82, 2.24) is 20.0 Å². The normalized spacial score (nSPS) is 25.5. The number of nitrogens with one attached hydrogen (secondary N) is 1. The average molecular weight is 222 g/mol. The number of aryl methyl sites for hydroxylation is 1. The molecule has 1 N–H and O–H groups in total. The number of hydrogen-bond acceptors (Lipinski definition) is 3. The number of rotatable bonds is 4. The molecule has 2 rings (SSSR count). The van der Waals surface area contributed by atoms with E-state index in [0.29, 0.717) is 6.04 Å². The Hall–Kier alpha value is -0.870. The second-order valence-electron chi connectivity index (χ2n) is 5.03. The molecule has 0 amide bonds. The number of nitrogens with zero attached hydrogens (tertiary/aromatic N) is 3. The maximum absolute atomic E-state index is 4.17. The molecule has 90 valence electrons. The maximum Gasteiger partial charge on any atom is 0.0534 e. The van der Waals surface area contributed by atoms with Crippen LogP contribution in [0.2, 0.25) is 0 Å². The summed E-state index contributed by atoms with van der Waals surface area (Å²) < 4.78 is 1.86. The van der Waals surface area contributed by atoms with Gasteiger partial charge in [-0.2, -0.15) is 5.10 Å². The molecule has 0 aliphatic heterocycles. The first kappa shape index (κ1) is 11.6. The fourth-order valence-electron chi connectivity index (χ4n) is 2.44. The van der Waals surface area contributed by atoms with Gasteiger partial charge in [0, 0.05) is 37.4 Å². The van der Waals surface area contributed by atoms with Crippen LogP contribution in [0.3, 0.4) is 0 Å². The van der Waals surface area contributed by atoms with E-state index in [9.17, 15) is 0 Å². The van der Waals surface area contributed by atoms with Gasteiger partial charge < -0.3 is 10.2 Å². The van der Waals surface area contributed by atoms with Crippen molar-refractivity contribution in [2.24, 2.45) is 7.05 Å². The fourth-order valence-corrected chi connectivity index (χ4v) is 2.44. The lowest BCUT2D eigenvalue weighted by molar-refractivity contribution is 0.293. The summed E-state index contributed by atoms with van der Waals surface area (Å²) in [5, 5.41) is 7.79. The van der Waals surface area contributed by atoms with Gasteiger partial charge in [0.05, 0.1) is 6.20 Å². The van der Waals surface area contributed by atoms with Gasteiger partial charge in [0.2, 0.25) is 0 Å². The van der Waals surface area contributed by atoms with Crippen molar-refractivity contribution in [3.05, 3.63) is 18.0 Å². The Morgan fingerprint density at radius 1 is 1.50 bits per heavy atom. The van der Waals surface area contributed by atoms with E-state index in [-0.39, 0.29) is 0 Å². The molecule has 1 aliphatic carbocycles. The quantitative estimate of drug-likeness (QED) is 0.825. The van der Waals surface area contributed by atoms with Gasteiger partial charge in [-0.3, -0.25) is 4.68 Å². The monoisotopic (exact) mass is 222 g/mol. The number of hydrogen-bond donors (Lipinski definition) is 1. The van der Waals surface area contributed by atoms with Crippen molar-refractivity contribution < 1.29 is 0 Å². The van der Waals surface area contributed by atoms with Crippen LogP contribution in [-0.2, 0) is 13.6 Å². The fraction of sp³-hybridized carbons (Fsp3) is 0.750. The lowest BCUT2D eigenvalue weighted by atomic mass is 10.2. The Bertz CT molecular complexity index is 332. The molecule has 1 aromatic rings. The topological polar surface area (TPSA) is 33.1 Å². The van der Waals surface area contributed by atoms with Crippen LogP contribution in [-0.4, -0.2) is 40.9 Å². The van der Waals surface area contributed by atoms with Gasteiger partial charge >= 0.3 is 0 Å². The Balaban J connectivity index is 1.75.